The Morgan fingerprint density at radius 2 is 2.00 bits per heavy atom. The number of hydrogen-bond acceptors (Lipinski definition) is 5. The molecule has 1 unspecified atom stereocenters. The zero-order valence-corrected chi connectivity index (χ0v) is 6.34. The molecule has 0 bridgehead atoms. The molecule has 0 aliphatic carbocycles. The van der Waals surface area contributed by atoms with E-state index in [1.165, 1.54) is 0 Å². The largest absolute Gasteiger partial charge is 0.394 e. The molecule has 1 aliphatic rings. The van der Waals surface area contributed by atoms with Crippen LogP contribution in [0.15, 0.2) is 0 Å². The van der Waals surface area contributed by atoms with E-state index in [0.29, 0.717) is 0 Å². The molecule has 0 radical (unpaired) electrons. The number of rotatable bonds is 2. The van der Waals surface area contributed by atoms with Crippen molar-refractivity contribution in [2.24, 2.45) is 5.73 Å². The summed E-state index contributed by atoms with van der Waals surface area (Å²) in [4.78, 5) is 0. The fourth-order valence-electron chi connectivity index (χ4n) is 1.16. The molecule has 1 saturated heterocycles. The van der Waals surface area contributed by atoms with E-state index in [1.807, 2.05) is 0 Å². The molecule has 0 spiro atoms. The Labute approximate surface area is 69.1 Å². The molecule has 0 aromatic rings. The van der Waals surface area contributed by atoms with Crippen molar-refractivity contribution >= 4 is 5.84 Å². The third-order valence-corrected chi connectivity index (χ3v) is 1.85. The molecular formula is C6H12N2O4. The van der Waals surface area contributed by atoms with Crippen LogP contribution in [0.3, 0.4) is 0 Å². The van der Waals surface area contributed by atoms with E-state index in [-0.39, 0.29) is 5.84 Å². The molecule has 6 nitrogen and oxygen atoms in total. The molecule has 1 aliphatic heterocycles. The quantitative estimate of drug-likeness (QED) is 0.233. The Morgan fingerprint density at radius 1 is 1.42 bits per heavy atom. The van der Waals surface area contributed by atoms with Gasteiger partial charge < -0.3 is 25.8 Å². The molecule has 6 heteroatoms. The SMILES string of the molecule is N=C(N)C1O[C@H](CO)[C@@H](O)[C@H]1O. The van der Waals surface area contributed by atoms with Gasteiger partial charge in [0.1, 0.15) is 30.3 Å². The summed E-state index contributed by atoms with van der Waals surface area (Å²) in [7, 11) is 0. The third kappa shape index (κ3) is 1.42. The molecule has 0 aromatic carbocycles. The van der Waals surface area contributed by atoms with Crippen LogP contribution in [0.1, 0.15) is 0 Å². The molecule has 6 N–H and O–H groups in total. The van der Waals surface area contributed by atoms with E-state index < -0.39 is 31.0 Å². The van der Waals surface area contributed by atoms with Crippen molar-refractivity contribution in [3.05, 3.63) is 0 Å². The lowest BCUT2D eigenvalue weighted by Gasteiger charge is -2.11. The van der Waals surface area contributed by atoms with Gasteiger partial charge in [0.15, 0.2) is 0 Å². The first-order valence-electron chi connectivity index (χ1n) is 3.54. The van der Waals surface area contributed by atoms with Crippen LogP contribution in [-0.2, 0) is 4.74 Å². The highest BCUT2D eigenvalue weighted by molar-refractivity contribution is 5.82. The van der Waals surface area contributed by atoms with Crippen molar-refractivity contribution in [1.82, 2.24) is 0 Å². The Kier molecular flexibility index (Phi) is 2.63. The second-order valence-electron chi connectivity index (χ2n) is 2.71. The summed E-state index contributed by atoms with van der Waals surface area (Å²) in [6, 6.07) is 0. The van der Waals surface area contributed by atoms with Gasteiger partial charge in [0.25, 0.3) is 0 Å². The van der Waals surface area contributed by atoms with E-state index >= 15 is 0 Å². The van der Waals surface area contributed by atoms with Gasteiger partial charge in [-0.1, -0.05) is 0 Å². The van der Waals surface area contributed by atoms with Crippen molar-refractivity contribution in [2.75, 3.05) is 6.61 Å². The maximum absolute atomic E-state index is 9.22. The van der Waals surface area contributed by atoms with E-state index in [4.69, 9.17) is 21.0 Å². The summed E-state index contributed by atoms with van der Waals surface area (Å²) in [5, 5.41) is 34.0. The average molecular weight is 176 g/mol. The monoisotopic (exact) mass is 176 g/mol. The van der Waals surface area contributed by atoms with E-state index in [2.05, 4.69) is 0 Å². The van der Waals surface area contributed by atoms with Crippen LogP contribution >= 0.6 is 0 Å². The van der Waals surface area contributed by atoms with Crippen molar-refractivity contribution in [3.63, 3.8) is 0 Å². The van der Waals surface area contributed by atoms with Crippen LogP contribution in [0, 0.1) is 5.41 Å². The zero-order chi connectivity index (χ0) is 9.30. The molecule has 1 fully saturated rings. The first kappa shape index (κ1) is 9.40. The van der Waals surface area contributed by atoms with Gasteiger partial charge in [-0.2, -0.15) is 0 Å². The summed E-state index contributed by atoms with van der Waals surface area (Å²) in [6.45, 7) is -0.401. The predicted octanol–water partition coefficient (Wildman–Crippen LogP) is -2.60. The van der Waals surface area contributed by atoms with E-state index in [1.54, 1.807) is 0 Å². The van der Waals surface area contributed by atoms with Gasteiger partial charge in [-0.05, 0) is 0 Å². The number of nitrogens with two attached hydrogens (primary N) is 1. The topological polar surface area (TPSA) is 120 Å². The fraction of sp³-hybridized carbons (Fsp3) is 0.833. The van der Waals surface area contributed by atoms with Crippen molar-refractivity contribution < 1.29 is 20.1 Å². The highest BCUT2D eigenvalue weighted by Gasteiger charge is 2.43. The number of amidine groups is 1. The Morgan fingerprint density at radius 3 is 2.25 bits per heavy atom. The molecule has 0 amide bonds. The van der Waals surface area contributed by atoms with Crippen molar-refractivity contribution in [2.45, 2.75) is 24.4 Å². The molecule has 0 saturated carbocycles. The van der Waals surface area contributed by atoms with Gasteiger partial charge in [0.05, 0.1) is 6.61 Å². The fourth-order valence-corrected chi connectivity index (χ4v) is 1.16. The highest BCUT2D eigenvalue weighted by Crippen LogP contribution is 2.20. The number of aliphatic hydroxyl groups is 3. The first-order chi connectivity index (χ1) is 5.57. The van der Waals surface area contributed by atoms with Crippen molar-refractivity contribution in [1.29, 1.82) is 5.41 Å². The molecule has 4 atom stereocenters. The summed E-state index contributed by atoms with van der Waals surface area (Å²) >= 11 is 0. The summed E-state index contributed by atoms with van der Waals surface area (Å²) in [5.41, 5.74) is 5.07. The van der Waals surface area contributed by atoms with Gasteiger partial charge in [-0.15, -0.1) is 0 Å². The van der Waals surface area contributed by atoms with E-state index in [9.17, 15) is 10.2 Å². The van der Waals surface area contributed by atoms with Crippen LogP contribution in [0.25, 0.3) is 0 Å². The zero-order valence-electron chi connectivity index (χ0n) is 6.34. The van der Waals surface area contributed by atoms with Gasteiger partial charge in [0, 0.05) is 0 Å². The number of nitrogens with one attached hydrogen (secondary N) is 1. The van der Waals surface area contributed by atoms with Crippen LogP contribution in [0.4, 0.5) is 0 Å². The summed E-state index contributed by atoms with van der Waals surface area (Å²) in [5.74, 6) is -0.350. The second kappa shape index (κ2) is 3.36. The second-order valence-corrected chi connectivity index (χ2v) is 2.71. The Balaban J connectivity index is 2.66. The molecule has 1 heterocycles. The minimum atomic E-state index is -1.22. The predicted molar refractivity (Wildman–Crippen MR) is 39.7 cm³/mol. The van der Waals surface area contributed by atoms with Gasteiger partial charge in [0.2, 0.25) is 0 Å². The lowest BCUT2D eigenvalue weighted by atomic mass is 10.1. The maximum Gasteiger partial charge on any atom is 0.143 e. The van der Waals surface area contributed by atoms with Gasteiger partial charge in [-0.25, -0.2) is 0 Å². The van der Waals surface area contributed by atoms with E-state index in [0.717, 1.165) is 0 Å². The highest BCUT2D eigenvalue weighted by atomic mass is 16.6. The molecule has 0 aromatic heterocycles. The minimum Gasteiger partial charge on any atom is -0.394 e. The van der Waals surface area contributed by atoms with Gasteiger partial charge in [-0.3, -0.25) is 5.41 Å². The first-order valence-corrected chi connectivity index (χ1v) is 3.54. The van der Waals surface area contributed by atoms with Gasteiger partial charge >= 0.3 is 0 Å². The smallest absolute Gasteiger partial charge is 0.143 e. The molecule has 70 valence electrons. The lowest BCUT2D eigenvalue weighted by molar-refractivity contribution is -0.0102. The lowest BCUT2D eigenvalue weighted by Crippen LogP contribution is -2.39. The Hall–Kier alpha value is -0.690. The molecular weight excluding hydrogens is 164 g/mol. The van der Waals surface area contributed by atoms with Crippen LogP contribution in [-0.4, -0.2) is 52.2 Å². The number of hydrogen-bond donors (Lipinski definition) is 5. The van der Waals surface area contributed by atoms with Crippen LogP contribution < -0.4 is 5.73 Å². The number of ether oxygens (including phenoxy) is 1. The minimum absolute atomic E-state index is 0.350. The summed E-state index contributed by atoms with van der Waals surface area (Å²) < 4.78 is 4.90. The number of aliphatic hydroxyl groups excluding tert-OH is 3. The van der Waals surface area contributed by atoms with Crippen LogP contribution in [0.2, 0.25) is 0 Å². The van der Waals surface area contributed by atoms with Crippen LogP contribution in [0.5, 0.6) is 0 Å². The average Bonchev–Trinajstić information content (AvgIpc) is 2.30. The Bertz CT molecular complexity index is 186. The normalized spacial score (nSPS) is 41.6. The van der Waals surface area contributed by atoms with Crippen molar-refractivity contribution in [3.8, 4) is 0 Å². The molecule has 12 heavy (non-hydrogen) atoms. The maximum atomic E-state index is 9.22. The summed E-state index contributed by atoms with van der Waals surface area (Å²) in [6.07, 6.45) is -4.26. The standard InChI is InChI=1S/C6H12N2O4/c7-6(8)5-4(11)3(10)2(1-9)12-5/h2-5,9-11H,1H2,(H3,7,8)/t2-,3-,4-,5?/m1/s1. The third-order valence-electron chi connectivity index (χ3n) is 1.85. The molecule has 1 rings (SSSR count).